The van der Waals surface area contributed by atoms with Crippen molar-refractivity contribution in [2.75, 3.05) is 13.2 Å². The third-order valence-corrected chi connectivity index (χ3v) is 5.26. The quantitative estimate of drug-likeness (QED) is 0.526. The van der Waals surface area contributed by atoms with Crippen LogP contribution in [0.1, 0.15) is 20.3 Å². The molecule has 1 fully saturated rings. The summed E-state index contributed by atoms with van der Waals surface area (Å²) in [6.07, 6.45) is 2.31. The zero-order valence-electron chi connectivity index (χ0n) is 15.6. The molecule has 3 rings (SSSR count). The highest BCUT2D eigenvalue weighted by molar-refractivity contribution is 6.00. The molecule has 3 heterocycles. The highest BCUT2D eigenvalue weighted by Crippen LogP contribution is 2.42. The lowest BCUT2D eigenvalue weighted by atomic mass is 9.82. The van der Waals surface area contributed by atoms with E-state index >= 15 is 0 Å². The predicted octanol–water partition coefficient (Wildman–Crippen LogP) is 0.499. The number of esters is 2. The number of aliphatic hydroxyl groups excluding tert-OH is 2. The largest absolute Gasteiger partial charge is 0.479 e. The van der Waals surface area contributed by atoms with Gasteiger partial charge in [-0.3, -0.25) is 4.79 Å². The maximum atomic E-state index is 12.5. The van der Waals surface area contributed by atoms with Crippen molar-refractivity contribution in [2.24, 2.45) is 5.92 Å². The average molecular weight is 390 g/mol. The minimum atomic E-state index is -1.34. The fourth-order valence-corrected chi connectivity index (χ4v) is 3.60. The third kappa shape index (κ3) is 3.29. The van der Waals surface area contributed by atoms with E-state index < -0.39 is 48.9 Å². The maximum Gasteiger partial charge on any atom is 0.336 e. The molecule has 0 saturated carbocycles. The van der Waals surface area contributed by atoms with Crippen LogP contribution in [0, 0.1) is 5.92 Å². The predicted molar refractivity (Wildman–Crippen MR) is 95.6 cm³/mol. The molecule has 0 aromatic rings. The van der Waals surface area contributed by atoms with E-state index in [2.05, 4.69) is 6.58 Å². The van der Waals surface area contributed by atoms with Crippen molar-refractivity contribution in [2.45, 2.75) is 38.1 Å². The summed E-state index contributed by atoms with van der Waals surface area (Å²) in [5, 5.41) is 19.0. The molecular weight excluding hydrogens is 368 g/mol. The average Bonchev–Trinajstić information content (AvgIpc) is 3.10. The fraction of sp³-hybridized carbons (Fsp3) is 0.450. The normalized spacial score (nSPS) is 32.4. The summed E-state index contributed by atoms with van der Waals surface area (Å²) in [6, 6.07) is 0. The molecule has 2 bridgehead atoms. The van der Waals surface area contributed by atoms with Gasteiger partial charge in [-0.2, -0.15) is 0 Å². The first-order valence-electron chi connectivity index (χ1n) is 8.88. The van der Waals surface area contributed by atoms with Crippen molar-refractivity contribution in [3.05, 3.63) is 47.3 Å². The zero-order valence-corrected chi connectivity index (χ0v) is 15.6. The number of hydrogen-bond donors (Lipinski definition) is 2. The lowest BCUT2D eigenvalue weighted by Crippen LogP contribution is -2.43. The number of allylic oxidation sites excluding steroid dienone is 1. The Labute approximate surface area is 161 Å². The van der Waals surface area contributed by atoms with E-state index in [0.29, 0.717) is 5.57 Å². The molecule has 3 aliphatic heterocycles. The van der Waals surface area contributed by atoms with Crippen LogP contribution in [-0.2, 0) is 28.6 Å². The van der Waals surface area contributed by atoms with Crippen molar-refractivity contribution < 1.29 is 38.8 Å². The minimum absolute atomic E-state index is 0.0431. The Bertz CT molecular complexity index is 833. The molecule has 0 spiro atoms. The van der Waals surface area contributed by atoms with E-state index in [1.54, 1.807) is 13.8 Å². The zero-order chi connectivity index (χ0) is 20.6. The Kier molecular flexibility index (Phi) is 5.27. The molecule has 0 aromatic heterocycles. The molecule has 0 radical (unpaired) electrons. The monoisotopic (exact) mass is 390 g/mol. The van der Waals surface area contributed by atoms with Gasteiger partial charge in [-0.05, 0) is 19.9 Å². The molecule has 28 heavy (non-hydrogen) atoms. The second kappa shape index (κ2) is 7.37. The molecule has 0 aliphatic carbocycles. The highest BCUT2D eigenvalue weighted by atomic mass is 16.6. The van der Waals surface area contributed by atoms with Crippen molar-refractivity contribution in [3.8, 4) is 0 Å². The minimum Gasteiger partial charge on any atom is -0.479 e. The van der Waals surface area contributed by atoms with Crippen molar-refractivity contribution in [3.63, 3.8) is 0 Å². The SMILES string of the molecule is C=C1C(=O)OC2C=C(CO)C3=CC(=O)C(C)(CC(OC(=O)C(=CC)CO)C12)O3. The van der Waals surface area contributed by atoms with Crippen LogP contribution in [0.15, 0.2) is 47.3 Å². The van der Waals surface area contributed by atoms with Gasteiger partial charge in [-0.1, -0.05) is 12.7 Å². The fourth-order valence-electron chi connectivity index (χ4n) is 3.60. The van der Waals surface area contributed by atoms with Crippen LogP contribution in [0.3, 0.4) is 0 Å². The van der Waals surface area contributed by atoms with Crippen LogP contribution in [0.2, 0.25) is 0 Å². The van der Waals surface area contributed by atoms with Crippen LogP contribution >= 0.6 is 0 Å². The molecule has 8 nitrogen and oxygen atoms in total. The molecule has 4 atom stereocenters. The number of carbonyl (C=O) groups excluding carboxylic acids is 3. The van der Waals surface area contributed by atoms with Crippen molar-refractivity contribution in [1.82, 2.24) is 0 Å². The Balaban J connectivity index is 2.06. The van der Waals surface area contributed by atoms with E-state index in [1.807, 2.05) is 0 Å². The van der Waals surface area contributed by atoms with Gasteiger partial charge in [0.15, 0.2) is 5.60 Å². The standard InChI is InChI=1S/C20H22O8/c1-4-11(8-21)19(25)27-15-7-20(3)16(23)6-13(28-20)12(9-22)5-14-17(15)10(2)18(24)26-14/h4-6,14-15,17,21-22H,2,7-9H2,1,3H3. The summed E-state index contributed by atoms with van der Waals surface area (Å²) in [5.41, 5.74) is -0.900. The first-order chi connectivity index (χ1) is 13.2. The Morgan fingerprint density at radius 2 is 2.14 bits per heavy atom. The Morgan fingerprint density at radius 1 is 1.43 bits per heavy atom. The smallest absolute Gasteiger partial charge is 0.336 e. The van der Waals surface area contributed by atoms with E-state index in [-0.39, 0.29) is 29.1 Å². The second-order valence-corrected chi connectivity index (χ2v) is 7.10. The molecule has 8 heteroatoms. The molecule has 1 saturated heterocycles. The maximum absolute atomic E-state index is 12.5. The van der Waals surface area contributed by atoms with E-state index in [9.17, 15) is 24.6 Å². The van der Waals surface area contributed by atoms with E-state index in [1.165, 1.54) is 18.2 Å². The van der Waals surface area contributed by atoms with Crippen molar-refractivity contribution >= 4 is 17.7 Å². The molecule has 0 aromatic carbocycles. The molecule has 150 valence electrons. The molecule has 2 N–H and O–H groups in total. The number of ether oxygens (including phenoxy) is 3. The lowest BCUT2D eigenvalue weighted by molar-refractivity contribution is -0.153. The summed E-state index contributed by atoms with van der Waals surface area (Å²) >= 11 is 0. The van der Waals surface area contributed by atoms with Gasteiger partial charge in [0.25, 0.3) is 0 Å². The molecule has 3 aliphatic rings. The molecule has 4 unspecified atom stereocenters. The van der Waals surface area contributed by atoms with Crippen LogP contribution in [0.4, 0.5) is 0 Å². The third-order valence-electron chi connectivity index (χ3n) is 5.26. The van der Waals surface area contributed by atoms with Crippen LogP contribution < -0.4 is 0 Å². The summed E-state index contributed by atoms with van der Waals surface area (Å²) in [5.74, 6) is -2.32. The van der Waals surface area contributed by atoms with Gasteiger partial charge in [0.2, 0.25) is 5.78 Å². The van der Waals surface area contributed by atoms with Gasteiger partial charge in [-0.15, -0.1) is 0 Å². The van der Waals surface area contributed by atoms with Gasteiger partial charge in [0.1, 0.15) is 18.0 Å². The first kappa shape index (κ1) is 20.0. The van der Waals surface area contributed by atoms with E-state index in [4.69, 9.17) is 14.2 Å². The van der Waals surface area contributed by atoms with Crippen LogP contribution in [0.5, 0.6) is 0 Å². The Hall–Kier alpha value is -2.71. The Morgan fingerprint density at radius 3 is 2.75 bits per heavy atom. The first-order valence-corrected chi connectivity index (χ1v) is 8.88. The topological polar surface area (TPSA) is 119 Å². The number of ketones is 1. The summed E-state index contributed by atoms with van der Waals surface area (Å²) in [6.45, 7) is 5.95. The second-order valence-electron chi connectivity index (χ2n) is 7.10. The van der Waals surface area contributed by atoms with Gasteiger partial charge in [0, 0.05) is 23.6 Å². The van der Waals surface area contributed by atoms with E-state index in [0.717, 1.165) is 0 Å². The number of aliphatic hydroxyl groups is 2. The summed E-state index contributed by atoms with van der Waals surface area (Å²) in [7, 11) is 0. The number of carbonyl (C=O) groups is 3. The van der Waals surface area contributed by atoms with Gasteiger partial charge in [0.05, 0.1) is 24.7 Å². The summed E-state index contributed by atoms with van der Waals surface area (Å²) < 4.78 is 16.7. The summed E-state index contributed by atoms with van der Waals surface area (Å²) in [4.78, 5) is 37.1. The number of hydrogen-bond acceptors (Lipinski definition) is 8. The van der Waals surface area contributed by atoms with Crippen molar-refractivity contribution in [1.29, 1.82) is 0 Å². The lowest BCUT2D eigenvalue weighted by Gasteiger charge is -2.31. The van der Waals surface area contributed by atoms with Gasteiger partial charge >= 0.3 is 11.9 Å². The number of fused-ring (bicyclic) bond motifs is 3. The van der Waals surface area contributed by atoms with Crippen LogP contribution in [-0.4, -0.2) is 59.0 Å². The molecular formula is C20H22O8. The molecule has 0 amide bonds. The van der Waals surface area contributed by atoms with Gasteiger partial charge in [-0.25, -0.2) is 9.59 Å². The van der Waals surface area contributed by atoms with Gasteiger partial charge < -0.3 is 24.4 Å². The highest BCUT2D eigenvalue weighted by Gasteiger charge is 2.52. The van der Waals surface area contributed by atoms with Crippen LogP contribution in [0.25, 0.3) is 0 Å². The number of rotatable bonds is 4.